The minimum atomic E-state index is -1.55. The predicted octanol–water partition coefficient (Wildman–Crippen LogP) is 5.36. The Bertz CT molecular complexity index is 810. The highest BCUT2D eigenvalue weighted by atomic mass is 16.3. The molecule has 0 saturated heterocycles. The largest absolute Gasteiger partial charge is 0.380 e. The van der Waals surface area contributed by atoms with Crippen molar-refractivity contribution in [1.29, 1.82) is 0 Å². The summed E-state index contributed by atoms with van der Waals surface area (Å²) in [4.78, 5) is 26.3. The molecule has 6 heteroatoms. The van der Waals surface area contributed by atoms with E-state index >= 15 is 0 Å². The van der Waals surface area contributed by atoms with E-state index in [9.17, 15) is 14.7 Å². The van der Waals surface area contributed by atoms with Crippen LogP contribution in [0.2, 0.25) is 0 Å². The van der Waals surface area contributed by atoms with Crippen molar-refractivity contribution in [3.8, 4) is 0 Å². The summed E-state index contributed by atoms with van der Waals surface area (Å²) in [5, 5.41) is 15.2. The average Bonchev–Trinajstić information content (AvgIpc) is 2.75. The molecule has 0 bridgehead atoms. The number of benzene rings is 2. The van der Waals surface area contributed by atoms with E-state index in [1.165, 1.54) is 0 Å². The molecule has 0 heterocycles. The Morgan fingerprint density at radius 3 is 1.84 bits per heavy atom. The van der Waals surface area contributed by atoms with Gasteiger partial charge in [-0.05, 0) is 61.8 Å². The van der Waals surface area contributed by atoms with Gasteiger partial charge in [-0.25, -0.2) is 9.80 Å². The molecule has 0 radical (unpaired) electrons. The average molecular weight is 426 g/mol. The van der Waals surface area contributed by atoms with Gasteiger partial charge in [-0.2, -0.15) is 0 Å². The second kappa shape index (κ2) is 11.5. The van der Waals surface area contributed by atoms with Gasteiger partial charge in [0, 0.05) is 5.69 Å². The van der Waals surface area contributed by atoms with Crippen LogP contribution >= 0.6 is 0 Å². The number of nitrogens with zero attached hydrogens (tertiary/aromatic N) is 1. The lowest BCUT2D eigenvalue weighted by molar-refractivity contribution is -0.142. The van der Waals surface area contributed by atoms with Crippen LogP contribution in [0.4, 0.5) is 16.2 Å². The van der Waals surface area contributed by atoms with Gasteiger partial charge in [-0.1, -0.05) is 64.1 Å². The van der Waals surface area contributed by atoms with Crippen molar-refractivity contribution in [3.63, 3.8) is 0 Å². The maximum Gasteiger partial charge on any atom is 0.345 e. The normalized spacial score (nSPS) is 11.5. The number of carbonyl (C=O) groups excluding carboxylic acids is 2. The first-order chi connectivity index (χ1) is 14.7. The summed E-state index contributed by atoms with van der Waals surface area (Å²) in [6.07, 6.45) is 2.10. The Hall–Kier alpha value is -2.86. The molecule has 2 rings (SSSR count). The Balaban J connectivity index is 2.25. The Labute approximate surface area is 185 Å². The van der Waals surface area contributed by atoms with Gasteiger partial charge >= 0.3 is 6.03 Å². The summed E-state index contributed by atoms with van der Waals surface area (Å²) in [5.74, 6) is 0.135. The van der Waals surface area contributed by atoms with Gasteiger partial charge in [-0.15, -0.1) is 0 Å². The van der Waals surface area contributed by atoms with Crippen LogP contribution in [0.1, 0.15) is 53.4 Å². The summed E-state index contributed by atoms with van der Waals surface area (Å²) < 4.78 is 0. The van der Waals surface area contributed by atoms with Crippen LogP contribution in [-0.4, -0.2) is 22.6 Å². The summed E-state index contributed by atoms with van der Waals surface area (Å²) in [6.45, 7) is 8.24. The number of amides is 3. The molecule has 0 aromatic heterocycles. The maximum atomic E-state index is 13.2. The van der Waals surface area contributed by atoms with Crippen LogP contribution in [0.15, 0.2) is 60.7 Å². The fourth-order valence-corrected chi connectivity index (χ4v) is 3.12. The van der Waals surface area contributed by atoms with E-state index in [-0.39, 0.29) is 0 Å². The first kappa shape index (κ1) is 24.4. The first-order valence-corrected chi connectivity index (χ1v) is 11.0. The third-order valence-corrected chi connectivity index (χ3v) is 5.15. The zero-order valence-corrected chi connectivity index (χ0v) is 19.0. The SMILES string of the molecule is CC(C)CCC(O)(CCC(C)C)C(=O)NN(C(=O)Nc1ccccc1)c1ccccc1. The maximum absolute atomic E-state index is 13.2. The molecule has 0 aliphatic rings. The predicted molar refractivity (Wildman–Crippen MR) is 126 cm³/mol. The fourth-order valence-electron chi connectivity index (χ4n) is 3.12. The molecule has 31 heavy (non-hydrogen) atoms. The number of hydrogen-bond acceptors (Lipinski definition) is 3. The van der Waals surface area contributed by atoms with Crippen molar-refractivity contribution in [3.05, 3.63) is 60.7 Å². The van der Waals surface area contributed by atoms with E-state index in [0.717, 1.165) is 5.01 Å². The number of nitrogens with one attached hydrogen (secondary N) is 2. The quantitative estimate of drug-likeness (QED) is 0.473. The molecular weight excluding hydrogens is 390 g/mol. The standard InChI is InChI=1S/C25H35N3O3/c1-19(2)15-17-25(31,18-16-20(3)4)23(29)27-28(22-13-9-6-10-14-22)24(30)26-21-11-7-5-8-12-21/h5-14,19-20,31H,15-18H2,1-4H3,(H,26,30)(H,27,29). The molecule has 2 aromatic carbocycles. The molecule has 0 fully saturated rings. The van der Waals surface area contributed by atoms with Gasteiger partial charge in [0.2, 0.25) is 0 Å². The third-order valence-electron chi connectivity index (χ3n) is 5.15. The molecule has 0 atom stereocenters. The van der Waals surface area contributed by atoms with E-state index in [4.69, 9.17) is 0 Å². The number of aliphatic hydroxyl groups is 1. The fraction of sp³-hybridized carbons (Fsp3) is 0.440. The van der Waals surface area contributed by atoms with E-state index in [1.54, 1.807) is 36.4 Å². The molecule has 0 saturated carbocycles. The monoisotopic (exact) mass is 425 g/mol. The Morgan fingerprint density at radius 1 is 0.871 bits per heavy atom. The molecule has 0 unspecified atom stereocenters. The second-order valence-electron chi connectivity index (χ2n) is 8.80. The minimum Gasteiger partial charge on any atom is -0.380 e. The number of rotatable bonds is 9. The van der Waals surface area contributed by atoms with Crippen LogP contribution in [0, 0.1) is 11.8 Å². The first-order valence-electron chi connectivity index (χ1n) is 11.0. The molecule has 3 amide bonds. The second-order valence-corrected chi connectivity index (χ2v) is 8.80. The lowest BCUT2D eigenvalue weighted by atomic mass is 9.86. The van der Waals surface area contributed by atoms with Crippen LogP contribution in [0.5, 0.6) is 0 Å². The zero-order valence-electron chi connectivity index (χ0n) is 19.0. The van der Waals surface area contributed by atoms with E-state index in [1.807, 2.05) is 24.3 Å². The van der Waals surface area contributed by atoms with Crippen molar-refractivity contribution >= 4 is 23.3 Å². The number of hydrazine groups is 1. The van der Waals surface area contributed by atoms with Gasteiger partial charge in [0.05, 0.1) is 5.69 Å². The van der Waals surface area contributed by atoms with Gasteiger partial charge in [-0.3, -0.25) is 10.2 Å². The molecule has 0 aliphatic heterocycles. The van der Waals surface area contributed by atoms with Crippen molar-refractivity contribution in [2.45, 2.75) is 59.0 Å². The topological polar surface area (TPSA) is 81.7 Å². The third kappa shape index (κ3) is 7.72. The van der Waals surface area contributed by atoms with Crippen LogP contribution < -0.4 is 15.8 Å². The van der Waals surface area contributed by atoms with Gasteiger partial charge in [0.1, 0.15) is 5.60 Å². The smallest absolute Gasteiger partial charge is 0.345 e. The number of urea groups is 1. The molecular formula is C25H35N3O3. The van der Waals surface area contributed by atoms with Gasteiger partial charge in [0.25, 0.3) is 5.91 Å². The lowest BCUT2D eigenvalue weighted by Crippen LogP contribution is -2.56. The Morgan fingerprint density at radius 2 is 1.35 bits per heavy atom. The summed E-state index contributed by atoms with van der Waals surface area (Å²) in [6, 6.07) is 17.4. The number of para-hydroxylation sites is 2. The molecule has 2 aromatic rings. The number of hydrogen-bond donors (Lipinski definition) is 3. The van der Waals surface area contributed by atoms with Crippen molar-refractivity contribution < 1.29 is 14.7 Å². The highest BCUT2D eigenvalue weighted by Crippen LogP contribution is 2.25. The molecule has 0 aliphatic carbocycles. The highest BCUT2D eigenvalue weighted by Gasteiger charge is 2.37. The van der Waals surface area contributed by atoms with Crippen molar-refractivity contribution in [1.82, 2.24) is 5.43 Å². The van der Waals surface area contributed by atoms with E-state index in [0.29, 0.717) is 48.9 Å². The Kier molecular flexibility index (Phi) is 9.06. The molecule has 6 nitrogen and oxygen atoms in total. The van der Waals surface area contributed by atoms with Crippen molar-refractivity contribution in [2.24, 2.45) is 11.8 Å². The zero-order chi connectivity index (χ0) is 22.9. The van der Waals surface area contributed by atoms with Crippen LogP contribution in [0.25, 0.3) is 0 Å². The van der Waals surface area contributed by atoms with Crippen LogP contribution in [-0.2, 0) is 4.79 Å². The summed E-state index contributed by atoms with van der Waals surface area (Å²) in [7, 11) is 0. The van der Waals surface area contributed by atoms with E-state index < -0.39 is 17.5 Å². The number of anilines is 2. The minimum absolute atomic E-state index is 0.339. The summed E-state index contributed by atoms with van der Waals surface area (Å²) in [5.41, 5.74) is 2.23. The van der Waals surface area contributed by atoms with Gasteiger partial charge < -0.3 is 10.4 Å². The van der Waals surface area contributed by atoms with Crippen molar-refractivity contribution in [2.75, 3.05) is 10.3 Å². The molecule has 168 valence electrons. The number of carbonyl (C=O) groups is 2. The summed E-state index contributed by atoms with van der Waals surface area (Å²) >= 11 is 0. The van der Waals surface area contributed by atoms with Crippen LogP contribution in [0.3, 0.4) is 0 Å². The van der Waals surface area contributed by atoms with Gasteiger partial charge in [0.15, 0.2) is 0 Å². The molecule has 0 spiro atoms. The molecule has 3 N–H and O–H groups in total. The van der Waals surface area contributed by atoms with E-state index in [2.05, 4.69) is 38.4 Å². The lowest BCUT2D eigenvalue weighted by Gasteiger charge is -2.32. The highest BCUT2D eigenvalue weighted by molar-refractivity contribution is 6.04.